The molecular formula is C9H14ClF3. The van der Waals surface area contributed by atoms with E-state index in [4.69, 9.17) is 11.6 Å². The van der Waals surface area contributed by atoms with Crippen LogP contribution in [0.1, 0.15) is 27.7 Å². The molecular weight excluding hydrogens is 201 g/mol. The zero-order valence-corrected chi connectivity index (χ0v) is 8.92. The highest BCUT2D eigenvalue weighted by molar-refractivity contribution is 6.24. The van der Waals surface area contributed by atoms with E-state index in [1.807, 2.05) is 0 Å². The van der Waals surface area contributed by atoms with E-state index in [1.165, 1.54) is 0 Å². The highest BCUT2D eigenvalue weighted by Gasteiger charge is 2.83. The summed E-state index contributed by atoms with van der Waals surface area (Å²) in [5.41, 5.74) is -2.53. The summed E-state index contributed by atoms with van der Waals surface area (Å²) >= 11 is 5.76. The van der Waals surface area contributed by atoms with Crippen molar-refractivity contribution in [3.63, 3.8) is 0 Å². The maximum atomic E-state index is 12.8. The Balaban J connectivity index is 3.10. The van der Waals surface area contributed by atoms with Crippen molar-refractivity contribution in [2.24, 2.45) is 16.7 Å². The van der Waals surface area contributed by atoms with Crippen LogP contribution in [0.3, 0.4) is 0 Å². The van der Waals surface area contributed by atoms with Crippen LogP contribution in [0.2, 0.25) is 0 Å². The third-order valence-electron chi connectivity index (χ3n) is 3.40. The van der Waals surface area contributed by atoms with Crippen LogP contribution in [0.5, 0.6) is 0 Å². The molecule has 1 saturated carbocycles. The number of alkyl halides is 4. The Kier molecular flexibility index (Phi) is 2.19. The van der Waals surface area contributed by atoms with Gasteiger partial charge in [0.15, 0.2) is 0 Å². The average Bonchev–Trinajstić information content (AvgIpc) is 2.26. The lowest BCUT2D eigenvalue weighted by molar-refractivity contribution is -0.210. The lowest BCUT2D eigenvalue weighted by atomic mass is 9.84. The van der Waals surface area contributed by atoms with Crippen LogP contribution < -0.4 is 0 Å². The summed E-state index contributed by atoms with van der Waals surface area (Å²) < 4.78 is 38.4. The molecule has 0 heterocycles. The van der Waals surface area contributed by atoms with Crippen LogP contribution in [-0.4, -0.2) is 11.6 Å². The van der Waals surface area contributed by atoms with Crippen molar-refractivity contribution >= 4 is 11.6 Å². The molecule has 0 saturated heterocycles. The predicted molar refractivity (Wildman–Crippen MR) is 46.7 cm³/mol. The second-order valence-electron chi connectivity index (χ2n) is 4.61. The summed E-state index contributed by atoms with van der Waals surface area (Å²) in [6, 6.07) is 0. The van der Waals surface area contributed by atoms with E-state index in [2.05, 4.69) is 0 Å². The smallest absolute Gasteiger partial charge is 0.170 e. The molecule has 1 rings (SSSR count). The molecule has 2 unspecified atom stereocenters. The summed E-state index contributed by atoms with van der Waals surface area (Å²) in [5.74, 6) is -0.468. The normalized spacial score (nSPS) is 38.1. The molecule has 13 heavy (non-hydrogen) atoms. The van der Waals surface area contributed by atoms with E-state index in [1.54, 1.807) is 27.7 Å². The quantitative estimate of drug-likeness (QED) is 0.582. The van der Waals surface area contributed by atoms with E-state index in [0.29, 0.717) is 0 Å². The molecule has 0 aliphatic heterocycles. The molecule has 78 valence electrons. The van der Waals surface area contributed by atoms with E-state index in [9.17, 15) is 13.2 Å². The Morgan fingerprint density at radius 3 is 1.54 bits per heavy atom. The molecule has 0 radical (unpaired) electrons. The van der Waals surface area contributed by atoms with Crippen LogP contribution in [0.25, 0.3) is 0 Å². The zero-order chi connectivity index (χ0) is 10.7. The van der Waals surface area contributed by atoms with Crippen molar-refractivity contribution in [1.29, 1.82) is 0 Å². The van der Waals surface area contributed by atoms with Gasteiger partial charge in [-0.2, -0.15) is 13.2 Å². The van der Waals surface area contributed by atoms with Crippen LogP contribution in [-0.2, 0) is 0 Å². The number of rotatable bonds is 1. The van der Waals surface area contributed by atoms with Crippen molar-refractivity contribution in [3.8, 4) is 0 Å². The molecule has 2 atom stereocenters. The van der Waals surface area contributed by atoms with Gasteiger partial charge in [-0.15, -0.1) is 11.6 Å². The van der Waals surface area contributed by atoms with E-state index in [0.717, 1.165) is 0 Å². The third kappa shape index (κ3) is 1.06. The summed E-state index contributed by atoms with van der Waals surface area (Å²) in [7, 11) is 0. The average molecular weight is 215 g/mol. The number of hydrogen-bond donors (Lipinski definition) is 0. The molecule has 0 aromatic rings. The van der Waals surface area contributed by atoms with Crippen molar-refractivity contribution < 1.29 is 13.2 Å². The van der Waals surface area contributed by atoms with Gasteiger partial charge in [0.1, 0.15) is 0 Å². The van der Waals surface area contributed by atoms with Crippen molar-refractivity contribution in [3.05, 3.63) is 0 Å². The molecule has 0 N–H and O–H groups in total. The summed E-state index contributed by atoms with van der Waals surface area (Å²) in [5, 5.41) is -0.792. The minimum Gasteiger partial charge on any atom is -0.170 e. The third-order valence-corrected chi connectivity index (χ3v) is 4.29. The van der Waals surface area contributed by atoms with Gasteiger partial charge in [-0.1, -0.05) is 27.7 Å². The second kappa shape index (κ2) is 2.56. The molecule has 0 nitrogen and oxygen atoms in total. The first-order valence-corrected chi connectivity index (χ1v) is 4.74. The first-order valence-electron chi connectivity index (χ1n) is 4.31. The lowest BCUT2D eigenvalue weighted by Crippen LogP contribution is -2.35. The fourth-order valence-electron chi connectivity index (χ4n) is 2.61. The van der Waals surface area contributed by atoms with Gasteiger partial charge in [-0.3, -0.25) is 0 Å². The molecule has 0 aromatic carbocycles. The molecule has 0 bridgehead atoms. The molecule has 0 amide bonds. The Morgan fingerprint density at radius 1 is 1.23 bits per heavy atom. The summed E-state index contributed by atoms with van der Waals surface area (Å²) in [6.07, 6.45) is -4.20. The SMILES string of the molecule is CC(C)C1(C(F)(F)F)C(Cl)C1(C)C. The maximum Gasteiger partial charge on any atom is 0.396 e. The second-order valence-corrected chi connectivity index (χ2v) is 5.04. The van der Waals surface area contributed by atoms with E-state index >= 15 is 0 Å². The first-order chi connectivity index (χ1) is 5.60. The fraction of sp³-hybridized carbons (Fsp3) is 1.00. The van der Waals surface area contributed by atoms with Gasteiger partial charge >= 0.3 is 6.18 Å². The number of halogens is 4. The molecule has 0 aromatic heterocycles. The standard InChI is InChI=1S/C9H14ClF3/c1-5(2)8(9(11,12)13)6(10)7(8,3)4/h5-6H,1-4H3. The van der Waals surface area contributed by atoms with Crippen LogP contribution in [0, 0.1) is 16.7 Å². The molecule has 0 spiro atoms. The molecule has 1 aliphatic rings. The molecule has 1 aliphatic carbocycles. The Hall–Kier alpha value is 0.0800. The molecule has 1 fully saturated rings. The fourth-order valence-corrected chi connectivity index (χ4v) is 3.38. The minimum atomic E-state index is -4.20. The van der Waals surface area contributed by atoms with E-state index < -0.39 is 28.3 Å². The number of hydrogen-bond acceptors (Lipinski definition) is 0. The van der Waals surface area contributed by atoms with Crippen LogP contribution in [0.15, 0.2) is 0 Å². The first kappa shape index (κ1) is 11.2. The van der Waals surface area contributed by atoms with Crippen molar-refractivity contribution in [2.75, 3.05) is 0 Å². The highest BCUT2D eigenvalue weighted by Crippen LogP contribution is 2.76. The van der Waals surface area contributed by atoms with Crippen LogP contribution in [0.4, 0.5) is 13.2 Å². The maximum absolute atomic E-state index is 12.8. The topological polar surface area (TPSA) is 0 Å². The monoisotopic (exact) mass is 214 g/mol. The Bertz CT molecular complexity index is 207. The lowest BCUT2D eigenvalue weighted by Gasteiger charge is -2.27. The Labute approximate surface area is 81.5 Å². The van der Waals surface area contributed by atoms with Gasteiger partial charge in [0.25, 0.3) is 0 Å². The van der Waals surface area contributed by atoms with Gasteiger partial charge in [0.05, 0.1) is 10.8 Å². The van der Waals surface area contributed by atoms with Gasteiger partial charge in [0, 0.05) is 0 Å². The van der Waals surface area contributed by atoms with Crippen LogP contribution >= 0.6 is 11.6 Å². The van der Waals surface area contributed by atoms with Gasteiger partial charge in [-0.25, -0.2) is 0 Å². The molecule has 4 heteroatoms. The van der Waals surface area contributed by atoms with Crippen molar-refractivity contribution in [1.82, 2.24) is 0 Å². The van der Waals surface area contributed by atoms with Gasteiger partial charge in [0.2, 0.25) is 0 Å². The zero-order valence-electron chi connectivity index (χ0n) is 8.17. The largest absolute Gasteiger partial charge is 0.396 e. The predicted octanol–water partition coefficient (Wildman–Crippen LogP) is 3.84. The van der Waals surface area contributed by atoms with E-state index in [-0.39, 0.29) is 0 Å². The van der Waals surface area contributed by atoms with Gasteiger partial charge in [-0.05, 0) is 11.3 Å². The summed E-state index contributed by atoms with van der Waals surface area (Å²) in [6.45, 7) is 6.32. The Morgan fingerprint density at radius 2 is 1.54 bits per heavy atom. The highest BCUT2D eigenvalue weighted by atomic mass is 35.5. The minimum absolute atomic E-state index is 0.468. The van der Waals surface area contributed by atoms with Gasteiger partial charge < -0.3 is 0 Å². The van der Waals surface area contributed by atoms with Crippen molar-refractivity contribution in [2.45, 2.75) is 39.2 Å². The summed E-state index contributed by atoms with van der Waals surface area (Å²) in [4.78, 5) is 0.